The van der Waals surface area contributed by atoms with Gasteiger partial charge in [-0.1, -0.05) is 11.3 Å². The highest BCUT2D eigenvalue weighted by Crippen LogP contribution is 2.50. The average Bonchev–Trinajstić information content (AvgIpc) is 2.71. The number of rotatable bonds is 5. The van der Waals surface area contributed by atoms with Gasteiger partial charge in [0.05, 0.1) is 7.11 Å². The summed E-state index contributed by atoms with van der Waals surface area (Å²) in [5.74, 6) is 0.122. The Bertz CT molecular complexity index is 444. The van der Waals surface area contributed by atoms with Crippen LogP contribution in [0.3, 0.4) is 0 Å². The average molecular weight is 263 g/mol. The van der Waals surface area contributed by atoms with Crippen molar-refractivity contribution in [1.29, 1.82) is 5.26 Å². The quantitative estimate of drug-likeness (QED) is 0.759. The lowest BCUT2D eigenvalue weighted by atomic mass is 10.4. The van der Waals surface area contributed by atoms with Crippen LogP contribution in [-0.2, 0) is 13.6 Å². The Labute approximate surface area is 96.9 Å². The van der Waals surface area contributed by atoms with Crippen molar-refractivity contribution in [3.05, 3.63) is 10.9 Å². The lowest BCUT2D eigenvalue weighted by Crippen LogP contribution is -1.97. The van der Waals surface area contributed by atoms with E-state index in [2.05, 4.69) is 9.05 Å². The summed E-state index contributed by atoms with van der Waals surface area (Å²) in [5.41, 5.74) is 0. The molecule has 0 bridgehead atoms. The minimum Gasteiger partial charge on any atom is -0.487 e. The first-order valence-corrected chi connectivity index (χ1v) is 6.35. The number of ether oxygens (including phenoxy) is 1. The van der Waals surface area contributed by atoms with E-state index in [4.69, 9.17) is 14.5 Å². The highest BCUT2D eigenvalue weighted by molar-refractivity contribution is 7.48. The summed E-state index contributed by atoms with van der Waals surface area (Å²) < 4.78 is 30.8. The minimum atomic E-state index is -3.64. The van der Waals surface area contributed by atoms with Crippen LogP contribution in [-0.4, -0.2) is 21.3 Å². The first-order chi connectivity index (χ1) is 7.58. The molecule has 1 aromatic heterocycles. The van der Waals surface area contributed by atoms with E-state index in [1.54, 1.807) is 0 Å². The van der Waals surface area contributed by atoms with Crippen LogP contribution in [0.15, 0.2) is 6.07 Å². The maximum Gasteiger partial charge on any atom is 0.529 e. The number of nitrogens with zero attached hydrogens (tertiary/aromatic N) is 1. The SMILES string of the molecule is COc1cc(OP(=O)(OC)OC)c(C#N)s1. The lowest BCUT2D eigenvalue weighted by molar-refractivity contribution is 0.211. The van der Waals surface area contributed by atoms with Crippen molar-refractivity contribution in [2.24, 2.45) is 0 Å². The number of phosphoric acid groups is 1. The summed E-state index contributed by atoms with van der Waals surface area (Å²) in [7, 11) is 0.210. The maximum atomic E-state index is 11.7. The van der Waals surface area contributed by atoms with E-state index in [0.29, 0.717) is 5.06 Å². The number of thiophene rings is 1. The molecule has 1 aromatic rings. The van der Waals surface area contributed by atoms with Gasteiger partial charge in [-0.05, 0) is 0 Å². The molecule has 0 saturated carbocycles. The van der Waals surface area contributed by atoms with Crippen LogP contribution in [0.5, 0.6) is 10.8 Å². The van der Waals surface area contributed by atoms with Gasteiger partial charge in [0.15, 0.2) is 15.7 Å². The fourth-order valence-electron chi connectivity index (χ4n) is 0.869. The largest absolute Gasteiger partial charge is 0.529 e. The number of hydrogen-bond donors (Lipinski definition) is 0. The van der Waals surface area contributed by atoms with Crippen LogP contribution in [0.1, 0.15) is 4.88 Å². The molecule has 16 heavy (non-hydrogen) atoms. The number of nitriles is 1. The third-order valence-corrected chi connectivity index (χ3v) is 3.93. The number of methoxy groups -OCH3 is 1. The van der Waals surface area contributed by atoms with Gasteiger partial charge in [0, 0.05) is 20.3 Å². The predicted molar refractivity (Wildman–Crippen MR) is 57.8 cm³/mol. The summed E-state index contributed by atoms with van der Waals surface area (Å²) in [6.07, 6.45) is 0. The zero-order chi connectivity index (χ0) is 12.2. The fraction of sp³-hybridized carbons (Fsp3) is 0.375. The van der Waals surface area contributed by atoms with E-state index < -0.39 is 7.82 Å². The predicted octanol–water partition coefficient (Wildman–Crippen LogP) is 2.41. The third kappa shape index (κ3) is 2.74. The lowest BCUT2D eigenvalue weighted by Gasteiger charge is -2.12. The molecule has 0 aliphatic heterocycles. The first-order valence-electron chi connectivity index (χ1n) is 4.07. The molecule has 0 atom stereocenters. The van der Waals surface area contributed by atoms with Crippen molar-refractivity contribution in [2.45, 2.75) is 0 Å². The van der Waals surface area contributed by atoms with Crippen molar-refractivity contribution in [3.8, 4) is 16.9 Å². The molecule has 0 N–H and O–H groups in total. The zero-order valence-corrected chi connectivity index (χ0v) is 10.6. The molecule has 0 unspecified atom stereocenters. The van der Waals surface area contributed by atoms with E-state index in [0.717, 1.165) is 11.3 Å². The smallest absolute Gasteiger partial charge is 0.487 e. The second-order valence-corrected chi connectivity index (χ2v) is 5.30. The number of hydrogen-bond acceptors (Lipinski definition) is 7. The van der Waals surface area contributed by atoms with Crippen molar-refractivity contribution in [3.63, 3.8) is 0 Å². The van der Waals surface area contributed by atoms with Gasteiger partial charge in [-0.2, -0.15) is 5.26 Å². The summed E-state index contributed by atoms with van der Waals surface area (Å²) >= 11 is 1.08. The Kier molecular flexibility index (Phi) is 4.33. The van der Waals surface area contributed by atoms with E-state index in [1.807, 2.05) is 6.07 Å². The van der Waals surface area contributed by atoms with Gasteiger partial charge >= 0.3 is 7.82 Å². The van der Waals surface area contributed by atoms with Crippen LogP contribution < -0.4 is 9.26 Å². The Morgan fingerprint density at radius 3 is 2.44 bits per heavy atom. The van der Waals surface area contributed by atoms with E-state index in [9.17, 15) is 4.57 Å². The molecule has 0 spiro atoms. The second-order valence-electron chi connectivity index (χ2n) is 2.48. The van der Waals surface area contributed by atoms with Crippen molar-refractivity contribution in [1.82, 2.24) is 0 Å². The molecule has 0 aromatic carbocycles. The van der Waals surface area contributed by atoms with Crippen molar-refractivity contribution < 1.29 is 22.9 Å². The monoisotopic (exact) mass is 263 g/mol. The van der Waals surface area contributed by atoms with Crippen molar-refractivity contribution >= 4 is 19.2 Å². The summed E-state index contributed by atoms with van der Waals surface area (Å²) in [6.45, 7) is 0. The molecule has 0 radical (unpaired) electrons. The minimum absolute atomic E-state index is 0.122. The van der Waals surface area contributed by atoms with Crippen LogP contribution in [0, 0.1) is 11.3 Å². The van der Waals surface area contributed by atoms with Crippen LogP contribution in [0.25, 0.3) is 0 Å². The Hall–Kier alpha value is -1.06. The normalized spacial score (nSPS) is 10.9. The van der Waals surface area contributed by atoms with Gasteiger partial charge in [0.25, 0.3) is 0 Å². The van der Waals surface area contributed by atoms with Gasteiger partial charge in [-0.25, -0.2) is 4.57 Å². The third-order valence-electron chi connectivity index (χ3n) is 1.64. The summed E-state index contributed by atoms with van der Waals surface area (Å²) in [6, 6.07) is 3.35. The Morgan fingerprint density at radius 2 is 2.00 bits per heavy atom. The Morgan fingerprint density at radius 1 is 1.38 bits per heavy atom. The molecule has 0 saturated heterocycles. The highest BCUT2D eigenvalue weighted by atomic mass is 32.1. The topological polar surface area (TPSA) is 77.8 Å². The molecule has 0 amide bonds. The molecule has 8 heteroatoms. The van der Waals surface area contributed by atoms with Crippen LogP contribution in [0.4, 0.5) is 0 Å². The van der Waals surface area contributed by atoms with Gasteiger partial charge < -0.3 is 9.26 Å². The molecular formula is C8H10NO5PS. The van der Waals surface area contributed by atoms with Crippen LogP contribution in [0.2, 0.25) is 0 Å². The van der Waals surface area contributed by atoms with Crippen LogP contribution >= 0.6 is 19.2 Å². The standard InChI is InChI=1S/C8H10NO5PS/c1-11-8-4-6(7(5-9)16-8)14-15(10,12-2)13-3/h4H,1-3H3. The summed E-state index contributed by atoms with van der Waals surface area (Å²) in [4.78, 5) is 0.242. The molecule has 6 nitrogen and oxygen atoms in total. The molecule has 1 heterocycles. The molecular weight excluding hydrogens is 253 g/mol. The maximum absolute atomic E-state index is 11.7. The Balaban J connectivity index is 3.01. The van der Waals surface area contributed by atoms with Gasteiger partial charge in [-0.15, -0.1) is 0 Å². The molecule has 88 valence electrons. The fourth-order valence-corrected chi connectivity index (χ4v) is 2.31. The second kappa shape index (κ2) is 5.32. The molecule has 0 aliphatic carbocycles. The van der Waals surface area contributed by atoms with E-state index >= 15 is 0 Å². The highest BCUT2D eigenvalue weighted by Gasteiger charge is 2.27. The van der Waals surface area contributed by atoms with E-state index in [1.165, 1.54) is 27.4 Å². The molecule has 1 rings (SSSR count). The summed E-state index contributed by atoms with van der Waals surface area (Å²) in [5, 5.41) is 9.30. The zero-order valence-electron chi connectivity index (χ0n) is 8.92. The number of phosphoric ester groups is 1. The van der Waals surface area contributed by atoms with Crippen molar-refractivity contribution in [2.75, 3.05) is 21.3 Å². The molecule has 0 fully saturated rings. The van der Waals surface area contributed by atoms with E-state index in [-0.39, 0.29) is 10.6 Å². The van der Waals surface area contributed by atoms with Gasteiger partial charge in [0.2, 0.25) is 0 Å². The van der Waals surface area contributed by atoms with Gasteiger partial charge in [0.1, 0.15) is 6.07 Å². The van der Waals surface area contributed by atoms with Gasteiger partial charge in [-0.3, -0.25) is 9.05 Å². The molecule has 0 aliphatic rings. The first kappa shape index (κ1) is 13.0.